The molecule has 0 bridgehead atoms. The second-order valence-electron chi connectivity index (χ2n) is 5.74. The van der Waals surface area contributed by atoms with Crippen molar-refractivity contribution in [3.8, 4) is 5.75 Å². The van der Waals surface area contributed by atoms with Crippen molar-refractivity contribution in [3.05, 3.63) is 70.4 Å². The second kappa shape index (κ2) is 9.78. The molecule has 2 amide bonds. The van der Waals surface area contributed by atoms with Gasteiger partial charge in [-0.05, 0) is 49.8 Å². The highest BCUT2D eigenvalue weighted by molar-refractivity contribution is 6.34. The minimum absolute atomic E-state index is 0.189. The number of likely N-dealkylation sites (N-methyl/N-ethyl adjacent to an activating group) is 1. The third-order valence-electron chi connectivity index (χ3n) is 4.07. The number of rotatable bonds is 7. The van der Waals surface area contributed by atoms with Gasteiger partial charge in [0.25, 0.3) is 11.8 Å². The monoisotopic (exact) mass is 386 g/mol. The fourth-order valence-electron chi connectivity index (χ4n) is 2.53. The predicted molar refractivity (Wildman–Crippen MR) is 108 cm³/mol. The standard InChI is InChI=1S/C21H23ClN2O3/c1-4-24(5-2)21(26)19(14-15-10-12-16(27-3)13-11-15)23-20(25)17-8-6-7-9-18(17)22/h6-14H,4-5H2,1-3H3,(H,23,25)/b19-14+. The maximum Gasteiger partial charge on any atom is 0.270 e. The van der Waals surface area contributed by atoms with Gasteiger partial charge in [-0.15, -0.1) is 0 Å². The number of benzene rings is 2. The van der Waals surface area contributed by atoms with E-state index in [1.807, 2.05) is 26.0 Å². The molecule has 2 aromatic carbocycles. The molecule has 0 aliphatic heterocycles. The number of amides is 2. The van der Waals surface area contributed by atoms with Crippen molar-refractivity contribution in [2.75, 3.05) is 20.2 Å². The summed E-state index contributed by atoms with van der Waals surface area (Å²) < 4.78 is 5.15. The second-order valence-corrected chi connectivity index (χ2v) is 6.15. The lowest BCUT2D eigenvalue weighted by molar-refractivity contribution is -0.127. The Morgan fingerprint density at radius 1 is 1.07 bits per heavy atom. The summed E-state index contributed by atoms with van der Waals surface area (Å²) in [6.45, 7) is 4.86. The zero-order chi connectivity index (χ0) is 19.8. The molecule has 142 valence electrons. The lowest BCUT2D eigenvalue weighted by Crippen LogP contribution is -2.38. The normalized spacial score (nSPS) is 11.0. The molecule has 0 spiro atoms. The molecule has 0 aliphatic carbocycles. The summed E-state index contributed by atoms with van der Waals surface area (Å²) in [5.41, 5.74) is 1.27. The smallest absolute Gasteiger partial charge is 0.270 e. The molecule has 0 saturated carbocycles. The number of ether oxygens (including phenoxy) is 1. The molecule has 5 nitrogen and oxygen atoms in total. The number of hydrogen-bond donors (Lipinski definition) is 1. The van der Waals surface area contributed by atoms with Crippen LogP contribution in [0.2, 0.25) is 5.02 Å². The quantitative estimate of drug-likeness (QED) is 0.732. The zero-order valence-corrected chi connectivity index (χ0v) is 16.4. The van der Waals surface area contributed by atoms with Crippen molar-refractivity contribution in [2.45, 2.75) is 13.8 Å². The van der Waals surface area contributed by atoms with Gasteiger partial charge in [-0.25, -0.2) is 0 Å². The van der Waals surface area contributed by atoms with Gasteiger partial charge in [-0.3, -0.25) is 9.59 Å². The first kappa shape index (κ1) is 20.5. The lowest BCUT2D eigenvalue weighted by atomic mass is 10.1. The van der Waals surface area contributed by atoms with Gasteiger partial charge in [0, 0.05) is 13.1 Å². The van der Waals surface area contributed by atoms with Gasteiger partial charge in [0.05, 0.1) is 17.7 Å². The highest BCUT2D eigenvalue weighted by Gasteiger charge is 2.20. The molecule has 0 aromatic heterocycles. The first-order valence-electron chi connectivity index (χ1n) is 8.71. The maximum atomic E-state index is 12.9. The van der Waals surface area contributed by atoms with E-state index in [1.54, 1.807) is 54.5 Å². The summed E-state index contributed by atoms with van der Waals surface area (Å²) in [6, 6.07) is 13.9. The molecule has 2 rings (SSSR count). The zero-order valence-electron chi connectivity index (χ0n) is 15.7. The van der Waals surface area contributed by atoms with Crippen molar-refractivity contribution in [1.29, 1.82) is 0 Å². The summed E-state index contributed by atoms with van der Waals surface area (Å²) in [4.78, 5) is 27.2. The average molecular weight is 387 g/mol. The topological polar surface area (TPSA) is 58.6 Å². The van der Waals surface area contributed by atoms with Crippen LogP contribution < -0.4 is 10.1 Å². The van der Waals surface area contributed by atoms with Gasteiger partial charge < -0.3 is 15.0 Å². The van der Waals surface area contributed by atoms with Gasteiger partial charge in [0.2, 0.25) is 0 Å². The highest BCUT2D eigenvalue weighted by Crippen LogP contribution is 2.17. The van der Waals surface area contributed by atoms with E-state index in [4.69, 9.17) is 16.3 Å². The Labute approximate surface area is 164 Å². The Morgan fingerprint density at radius 2 is 1.70 bits per heavy atom. The van der Waals surface area contributed by atoms with Gasteiger partial charge in [-0.2, -0.15) is 0 Å². The lowest BCUT2D eigenvalue weighted by Gasteiger charge is -2.21. The molecule has 0 unspecified atom stereocenters. The van der Waals surface area contributed by atoms with Crippen molar-refractivity contribution >= 4 is 29.5 Å². The van der Waals surface area contributed by atoms with E-state index in [-0.39, 0.29) is 11.6 Å². The molecule has 6 heteroatoms. The molecular weight excluding hydrogens is 364 g/mol. The van der Waals surface area contributed by atoms with Crippen LogP contribution >= 0.6 is 11.6 Å². The fourth-order valence-corrected chi connectivity index (χ4v) is 2.76. The van der Waals surface area contributed by atoms with Crippen LogP contribution in [0.3, 0.4) is 0 Å². The van der Waals surface area contributed by atoms with Crippen LogP contribution in [0.1, 0.15) is 29.8 Å². The summed E-state index contributed by atoms with van der Waals surface area (Å²) in [7, 11) is 1.59. The van der Waals surface area contributed by atoms with Crippen molar-refractivity contribution in [2.24, 2.45) is 0 Å². The Kier molecular flexibility index (Phi) is 7.44. The Hall–Kier alpha value is -2.79. The van der Waals surface area contributed by atoms with E-state index in [2.05, 4.69) is 5.32 Å². The van der Waals surface area contributed by atoms with Gasteiger partial charge in [0.15, 0.2) is 0 Å². The molecule has 0 aliphatic rings. The van der Waals surface area contributed by atoms with E-state index in [0.717, 1.165) is 5.56 Å². The number of hydrogen-bond acceptors (Lipinski definition) is 3. The van der Waals surface area contributed by atoms with E-state index < -0.39 is 5.91 Å². The molecule has 2 aromatic rings. The van der Waals surface area contributed by atoms with Crippen LogP contribution in [0.5, 0.6) is 5.75 Å². The number of nitrogens with one attached hydrogen (secondary N) is 1. The highest BCUT2D eigenvalue weighted by atomic mass is 35.5. The molecule has 0 saturated heterocycles. The van der Waals surface area contributed by atoms with Crippen LogP contribution in [0.15, 0.2) is 54.2 Å². The number of methoxy groups -OCH3 is 1. The van der Waals surface area contributed by atoms with Crippen LogP contribution in [0.25, 0.3) is 6.08 Å². The summed E-state index contributed by atoms with van der Waals surface area (Å²) in [6.07, 6.45) is 1.65. The molecular formula is C21H23ClN2O3. The van der Waals surface area contributed by atoms with E-state index in [9.17, 15) is 9.59 Å². The third kappa shape index (κ3) is 5.34. The first-order valence-corrected chi connectivity index (χ1v) is 9.08. The SMILES string of the molecule is CCN(CC)C(=O)/C(=C\c1ccc(OC)cc1)NC(=O)c1ccccc1Cl. The minimum atomic E-state index is -0.430. The van der Waals surface area contributed by atoms with Gasteiger partial charge in [0.1, 0.15) is 11.4 Å². The number of nitrogens with zero attached hydrogens (tertiary/aromatic N) is 1. The van der Waals surface area contributed by atoms with E-state index in [0.29, 0.717) is 29.4 Å². The number of halogens is 1. The summed E-state index contributed by atoms with van der Waals surface area (Å²) in [5, 5.41) is 3.04. The summed E-state index contributed by atoms with van der Waals surface area (Å²) in [5.74, 6) is 0.0287. The molecule has 0 radical (unpaired) electrons. The molecule has 0 atom stereocenters. The van der Waals surface area contributed by atoms with Crippen molar-refractivity contribution in [3.63, 3.8) is 0 Å². The molecule has 0 fully saturated rings. The van der Waals surface area contributed by atoms with Crippen LogP contribution in [-0.2, 0) is 4.79 Å². The first-order chi connectivity index (χ1) is 13.0. The fraction of sp³-hybridized carbons (Fsp3) is 0.238. The van der Waals surface area contributed by atoms with Gasteiger partial charge >= 0.3 is 0 Å². The number of carbonyl (C=O) groups is 2. The largest absolute Gasteiger partial charge is 0.497 e. The van der Waals surface area contributed by atoms with Crippen LogP contribution in [0.4, 0.5) is 0 Å². The number of carbonyl (C=O) groups excluding carboxylic acids is 2. The Bertz CT molecular complexity index is 828. The minimum Gasteiger partial charge on any atom is -0.497 e. The van der Waals surface area contributed by atoms with E-state index >= 15 is 0 Å². The van der Waals surface area contributed by atoms with Crippen LogP contribution in [0, 0.1) is 0 Å². The Morgan fingerprint density at radius 3 is 2.26 bits per heavy atom. The van der Waals surface area contributed by atoms with E-state index in [1.165, 1.54) is 0 Å². The van der Waals surface area contributed by atoms with Crippen molar-refractivity contribution < 1.29 is 14.3 Å². The summed E-state index contributed by atoms with van der Waals surface area (Å²) >= 11 is 6.10. The molecule has 0 heterocycles. The third-order valence-corrected chi connectivity index (χ3v) is 4.40. The molecule has 1 N–H and O–H groups in total. The average Bonchev–Trinajstić information content (AvgIpc) is 2.69. The van der Waals surface area contributed by atoms with Crippen LogP contribution in [-0.4, -0.2) is 36.9 Å². The maximum absolute atomic E-state index is 12.9. The molecule has 27 heavy (non-hydrogen) atoms. The Balaban J connectivity index is 2.36. The van der Waals surface area contributed by atoms with Crippen molar-refractivity contribution in [1.82, 2.24) is 10.2 Å². The predicted octanol–water partition coefficient (Wildman–Crippen LogP) is 3.99. The van der Waals surface area contributed by atoms with Gasteiger partial charge in [-0.1, -0.05) is 35.9 Å².